The van der Waals surface area contributed by atoms with Crippen molar-refractivity contribution in [1.82, 2.24) is 4.57 Å². The quantitative estimate of drug-likeness (QED) is 0.633. The molecule has 0 aliphatic rings. The van der Waals surface area contributed by atoms with Crippen molar-refractivity contribution in [2.75, 3.05) is 0 Å². The first-order valence-electron chi connectivity index (χ1n) is 6.03. The third-order valence-corrected chi connectivity index (χ3v) is 3.23. The van der Waals surface area contributed by atoms with E-state index in [1.54, 1.807) is 12.1 Å². The number of para-hydroxylation sites is 1. The minimum absolute atomic E-state index is 0.180. The zero-order chi connectivity index (χ0) is 12.5. The molecule has 0 aliphatic heterocycles. The molecule has 0 fully saturated rings. The third-order valence-electron chi connectivity index (χ3n) is 3.23. The molecule has 1 heterocycles. The number of halogens is 1. The topological polar surface area (TPSA) is 4.93 Å². The van der Waals surface area contributed by atoms with E-state index in [4.69, 9.17) is 0 Å². The van der Waals surface area contributed by atoms with Gasteiger partial charge in [0.1, 0.15) is 5.82 Å². The molecule has 0 N–H and O–H groups in total. The van der Waals surface area contributed by atoms with E-state index in [1.165, 1.54) is 22.5 Å². The third kappa shape index (κ3) is 1.90. The SMILES string of the molecule is Cc1cn(Cc2cccc(F)c2)c2ccccc12. The molecule has 0 saturated heterocycles. The van der Waals surface area contributed by atoms with Crippen molar-refractivity contribution >= 4 is 10.9 Å². The second-order valence-corrected chi connectivity index (χ2v) is 4.59. The number of hydrogen-bond donors (Lipinski definition) is 0. The first-order valence-corrected chi connectivity index (χ1v) is 6.03. The van der Waals surface area contributed by atoms with E-state index in [1.807, 2.05) is 18.2 Å². The number of aromatic nitrogens is 1. The normalized spacial score (nSPS) is 11.0. The van der Waals surface area contributed by atoms with Crippen molar-refractivity contribution in [2.45, 2.75) is 13.5 Å². The molecule has 0 bridgehead atoms. The van der Waals surface area contributed by atoms with Gasteiger partial charge in [-0.2, -0.15) is 0 Å². The van der Waals surface area contributed by atoms with Crippen LogP contribution < -0.4 is 0 Å². The Morgan fingerprint density at radius 2 is 1.89 bits per heavy atom. The number of fused-ring (bicyclic) bond motifs is 1. The molecule has 90 valence electrons. The predicted octanol–water partition coefficient (Wildman–Crippen LogP) is 4.14. The highest BCUT2D eigenvalue weighted by Gasteiger charge is 2.05. The van der Waals surface area contributed by atoms with Crippen LogP contribution in [0.1, 0.15) is 11.1 Å². The Bertz CT molecular complexity index is 697. The van der Waals surface area contributed by atoms with Gasteiger partial charge < -0.3 is 4.57 Å². The van der Waals surface area contributed by atoms with Gasteiger partial charge in [-0.15, -0.1) is 0 Å². The zero-order valence-electron chi connectivity index (χ0n) is 10.2. The second kappa shape index (κ2) is 4.30. The van der Waals surface area contributed by atoms with E-state index in [2.05, 4.69) is 29.8 Å². The number of aryl methyl sites for hydroxylation is 1. The van der Waals surface area contributed by atoms with Gasteiger partial charge in [0.05, 0.1) is 0 Å². The van der Waals surface area contributed by atoms with Crippen LogP contribution in [0.4, 0.5) is 4.39 Å². The molecule has 3 rings (SSSR count). The summed E-state index contributed by atoms with van der Waals surface area (Å²) < 4.78 is 15.3. The van der Waals surface area contributed by atoms with E-state index >= 15 is 0 Å². The fourth-order valence-corrected chi connectivity index (χ4v) is 2.39. The van der Waals surface area contributed by atoms with Crippen molar-refractivity contribution in [3.8, 4) is 0 Å². The van der Waals surface area contributed by atoms with Crippen molar-refractivity contribution in [1.29, 1.82) is 0 Å². The minimum atomic E-state index is -0.180. The largest absolute Gasteiger partial charge is 0.343 e. The maximum atomic E-state index is 13.2. The number of rotatable bonds is 2. The number of benzene rings is 2. The summed E-state index contributed by atoms with van der Waals surface area (Å²) in [6.45, 7) is 2.80. The minimum Gasteiger partial charge on any atom is -0.343 e. The maximum Gasteiger partial charge on any atom is 0.123 e. The Hall–Kier alpha value is -2.09. The summed E-state index contributed by atoms with van der Waals surface area (Å²) in [6.07, 6.45) is 2.12. The highest BCUT2D eigenvalue weighted by Crippen LogP contribution is 2.21. The van der Waals surface area contributed by atoms with Gasteiger partial charge in [-0.3, -0.25) is 0 Å². The molecule has 3 aromatic rings. The lowest BCUT2D eigenvalue weighted by Gasteiger charge is -2.05. The summed E-state index contributed by atoms with van der Waals surface area (Å²) in [5.41, 5.74) is 3.43. The van der Waals surface area contributed by atoms with E-state index in [0.29, 0.717) is 6.54 Å². The average molecular weight is 239 g/mol. The second-order valence-electron chi connectivity index (χ2n) is 4.59. The van der Waals surface area contributed by atoms with Gasteiger partial charge in [0.25, 0.3) is 0 Å². The monoisotopic (exact) mass is 239 g/mol. The lowest BCUT2D eigenvalue weighted by Crippen LogP contribution is -1.98. The smallest absolute Gasteiger partial charge is 0.123 e. The molecule has 0 unspecified atom stereocenters. The van der Waals surface area contributed by atoms with Crippen LogP contribution in [0.5, 0.6) is 0 Å². The average Bonchev–Trinajstić information content (AvgIpc) is 2.67. The van der Waals surface area contributed by atoms with Gasteiger partial charge in [0, 0.05) is 23.6 Å². The van der Waals surface area contributed by atoms with Crippen LogP contribution in [0.2, 0.25) is 0 Å². The Morgan fingerprint density at radius 3 is 2.72 bits per heavy atom. The molecular formula is C16H14FN. The highest BCUT2D eigenvalue weighted by atomic mass is 19.1. The summed E-state index contributed by atoms with van der Waals surface area (Å²) >= 11 is 0. The Balaban J connectivity index is 2.05. The molecule has 0 atom stereocenters. The van der Waals surface area contributed by atoms with Crippen LogP contribution in [0.3, 0.4) is 0 Å². The van der Waals surface area contributed by atoms with Gasteiger partial charge in [-0.1, -0.05) is 30.3 Å². The van der Waals surface area contributed by atoms with Crippen molar-refractivity contribution < 1.29 is 4.39 Å². The summed E-state index contributed by atoms with van der Waals surface area (Å²) in [5.74, 6) is -0.180. The molecule has 1 aromatic heterocycles. The highest BCUT2D eigenvalue weighted by molar-refractivity contribution is 5.83. The van der Waals surface area contributed by atoms with Gasteiger partial charge in [-0.25, -0.2) is 4.39 Å². The summed E-state index contributed by atoms with van der Waals surface area (Å²) in [4.78, 5) is 0. The van der Waals surface area contributed by atoms with Crippen LogP contribution in [0, 0.1) is 12.7 Å². The van der Waals surface area contributed by atoms with Crippen molar-refractivity contribution in [3.05, 3.63) is 71.7 Å². The molecule has 2 heteroatoms. The summed E-state index contributed by atoms with van der Waals surface area (Å²) in [6, 6.07) is 15.1. The van der Waals surface area contributed by atoms with Crippen LogP contribution in [-0.4, -0.2) is 4.57 Å². The molecule has 18 heavy (non-hydrogen) atoms. The van der Waals surface area contributed by atoms with E-state index in [9.17, 15) is 4.39 Å². The number of hydrogen-bond acceptors (Lipinski definition) is 0. The molecule has 0 saturated carbocycles. The van der Waals surface area contributed by atoms with Crippen molar-refractivity contribution in [3.63, 3.8) is 0 Å². The maximum absolute atomic E-state index is 13.2. The van der Waals surface area contributed by atoms with E-state index in [-0.39, 0.29) is 5.82 Å². The van der Waals surface area contributed by atoms with Gasteiger partial charge in [-0.05, 0) is 36.2 Å². The Kier molecular flexibility index (Phi) is 2.63. The summed E-state index contributed by atoms with van der Waals surface area (Å²) in [7, 11) is 0. The Labute approximate surface area is 105 Å². The fraction of sp³-hybridized carbons (Fsp3) is 0.125. The molecule has 0 spiro atoms. The fourth-order valence-electron chi connectivity index (χ4n) is 2.39. The molecular weight excluding hydrogens is 225 g/mol. The Morgan fingerprint density at radius 1 is 1.06 bits per heavy atom. The lowest BCUT2D eigenvalue weighted by molar-refractivity contribution is 0.624. The number of nitrogens with zero attached hydrogens (tertiary/aromatic N) is 1. The van der Waals surface area contributed by atoms with E-state index in [0.717, 1.165) is 5.56 Å². The lowest BCUT2D eigenvalue weighted by atomic mass is 10.2. The molecule has 1 nitrogen and oxygen atoms in total. The van der Waals surface area contributed by atoms with Gasteiger partial charge >= 0.3 is 0 Å². The van der Waals surface area contributed by atoms with Gasteiger partial charge in [0.2, 0.25) is 0 Å². The predicted molar refractivity (Wildman–Crippen MR) is 72.2 cm³/mol. The van der Waals surface area contributed by atoms with Crippen LogP contribution in [-0.2, 0) is 6.54 Å². The van der Waals surface area contributed by atoms with Crippen LogP contribution in [0.25, 0.3) is 10.9 Å². The molecule has 0 aliphatic carbocycles. The first-order chi connectivity index (χ1) is 8.74. The van der Waals surface area contributed by atoms with Gasteiger partial charge in [0.15, 0.2) is 0 Å². The zero-order valence-corrected chi connectivity index (χ0v) is 10.2. The first kappa shape index (κ1) is 11.0. The van der Waals surface area contributed by atoms with Crippen LogP contribution >= 0.6 is 0 Å². The molecule has 0 radical (unpaired) electrons. The standard InChI is InChI=1S/C16H14FN/c1-12-10-18(16-8-3-2-7-15(12)16)11-13-5-4-6-14(17)9-13/h2-10H,11H2,1H3. The summed E-state index contributed by atoms with van der Waals surface area (Å²) in [5, 5.41) is 1.26. The van der Waals surface area contributed by atoms with Crippen LogP contribution in [0.15, 0.2) is 54.7 Å². The molecule has 2 aromatic carbocycles. The van der Waals surface area contributed by atoms with E-state index < -0.39 is 0 Å². The van der Waals surface area contributed by atoms with Crippen molar-refractivity contribution in [2.24, 2.45) is 0 Å². The molecule has 0 amide bonds.